The quantitative estimate of drug-likeness (QED) is 0.767. The van der Waals surface area contributed by atoms with Gasteiger partial charge in [0.25, 0.3) is 0 Å². The Morgan fingerprint density at radius 1 is 1.25 bits per heavy atom. The highest BCUT2D eigenvalue weighted by Gasteiger charge is 2.17. The molecule has 1 aliphatic heterocycles. The predicted molar refractivity (Wildman–Crippen MR) is 70.7 cm³/mol. The van der Waals surface area contributed by atoms with Crippen LogP contribution in [0.2, 0.25) is 0 Å². The zero-order valence-corrected chi connectivity index (χ0v) is 10.7. The van der Waals surface area contributed by atoms with Crippen LogP contribution in [0.4, 0.5) is 0 Å². The summed E-state index contributed by atoms with van der Waals surface area (Å²) < 4.78 is 0. The van der Waals surface area contributed by atoms with E-state index < -0.39 is 0 Å². The summed E-state index contributed by atoms with van der Waals surface area (Å²) in [6.07, 6.45) is 3.53. The van der Waals surface area contributed by atoms with Gasteiger partial charge in [-0.15, -0.1) is 0 Å². The summed E-state index contributed by atoms with van der Waals surface area (Å²) in [6.45, 7) is 9.98. The van der Waals surface area contributed by atoms with Crippen LogP contribution in [0, 0.1) is 20.8 Å². The first-order chi connectivity index (χ1) is 7.58. The molecule has 1 atom stereocenters. The molecule has 0 aromatic heterocycles. The van der Waals surface area contributed by atoms with Crippen LogP contribution in [0.1, 0.15) is 35.6 Å². The first-order valence-electron chi connectivity index (χ1n) is 6.06. The largest absolute Gasteiger partial charge is 0.311 e. The van der Waals surface area contributed by atoms with Crippen molar-refractivity contribution in [1.29, 1.82) is 0 Å². The number of allylic oxidation sites excluding steroid dienone is 1. The number of rotatable bonds is 3. The maximum absolute atomic E-state index is 3.33. The van der Waals surface area contributed by atoms with Crippen LogP contribution < -0.4 is 5.32 Å². The minimum atomic E-state index is 0.738. The van der Waals surface area contributed by atoms with Crippen LogP contribution in [0.5, 0.6) is 0 Å². The zero-order valence-electron chi connectivity index (χ0n) is 10.7. The highest BCUT2D eigenvalue weighted by molar-refractivity contribution is 5.67. The molecule has 1 aliphatic rings. The molecule has 0 bridgehead atoms. The molecule has 0 aliphatic carbocycles. The van der Waals surface area contributed by atoms with Crippen molar-refractivity contribution in [2.24, 2.45) is 0 Å². The number of nitrogens with one attached hydrogen (secondary N) is 1. The van der Waals surface area contributed by atoms with Crippen molar-refractivity contribution in [2.45, 2.75) is 40.2 Å². The lowest BCUT2D eigenvalue weighted by molar-refractivity contribution is 0.967. The second-order valence-electron chi connectivity index (χ2n) is 4.98. The summed E-state index contributed by atoms with van der Waals surface area (Å²) in [7, 11) is 0. The molecule has 1 N–H and O–H groups in total. The van der Waals surface area contributed by atoms with Crippen molar-refractivity contribution < 1.29 is 0 Å². The summed E-state index contributed by atoms with van der Waals surface area (Å²) >= 11 is 0. The fourth-order valence-electron chi connectivity index (χ4n) is 2.06. The Labute approximate surface area is 98.6 Å². The Morgan fingerprint density at radius 2 is 1.88 bits per heavy atom. The molecule has 0 radical (unpaired) electrons. The van der Waals surface area contributed by atoms with Gasteiger partial charge in [-0.3, -0.25) is 0 Å². The van der Waals surface area contributed by atoms with Gasteiger partial charge >= 0.3 is 0 Å². The number of aryl methyl sites for hydroxylation is 3. The fourth-order valence-corrected chi connectivity index (χ4v) is 2.06. The maximum Gasteiger partial charge on any atom is 0.0227 e. The van der Waals surface area contributed by atoms with Gasteiger partial charge in [0.05, 0.1) is 0 Å². The van der Waals surface area contributed by atoms with E-state index >= 15 is 0 Å². The number of hydrogen-bond donors (Lipinski definition) is 1. The van der Waals surface area contributed by atoms with E-state index in [0.29, 0.717) is 0 Å². The van der Waals surface area contributed by atoms with Crippen LogP contribution in [-0.2, 0) is 0 Å². The van der Waals surface area contributed by atoms with Crippen LogP contribution in [0.25, 0.3) is 5.57 Å². The molecular formula is C15H21N. The SMILES string of the molecule is C/C(=C/CC1CN1)c1cc(C)c(C)cc1C. The number of hydrogen-bond acceptors (Lipinski definition) is 1. The van der Waals surface area contributed by atoms with Crippen LogP contribution in [0.15, 0.2) is 18.2 Å². The van der Waals surface area contributed by atoms with E-state index in [-0.39, 0.29) is 0 Å². The molecule has 0 saturated carbocycles. The van der Waals surface area contributed by atoms with E-state index in [9.17, 15) is 0 Å². The van der Waals surface area contributed by atoms with Crippen molar-refractivity contribution >= 4 is 5.57 Å². The van der Waals surface area contributed by atoms with Gasteiger partial charge in [-0.25, -0.2) is 0 Å². The average Bonchev–Trinajstić information content (AvgIpc) is 3.03. The molecule has 1 fully saturated rings. The maximum atomic E-state index is 3.33. The third-order valence-corrected chi connectivity index (χ3v) is 3.47. The minimum absolute atomic E-state index is 0.738. The molecule has 0 amide bonds. The topological polar surface area (TPSA) is 21.9 Å². The molecule has 16 heavy (non-hydrogen) atoms. The lowest BCUT2D eigenvalue weighted by Crippen LogP contribution is -1.92. The fraction of sp³-hybridized carbons (Fsp3) is 0.467. The van der Waals surface area contributed by atoms with Gasteiger partial charge in [0.15, 0.2) is 0 Å². The molecule has 1 unspecified atom stereocenters. The Kier molecular flexibility index (Phi) is 3.15. The van der Waals surface area contributed by atoms with Crippen molar-refractivity contribution in [3.05, 3.63) is 40.5 Å². The smallest absolute Gasteiger partial charge is 0.0227 e. The van der Waals surface area contributed by atoms with Gasteiger partial charge in [-0.1, -0.05) is 18.2 Å². The Morgan fingerprint density at radius 3 is 2.50 bits per heavy atom. The molecular weight excluding hydrogens is 194 g/mol. The first kappa shape index (κ1) is 11.4. The molecule has 2 rings (SSSR count). The summed E-state index contributed by atoms with van der Waals surface area (Å²) in [6, 6.07) is 5.34. The van der Waals surface area contributed by atoms with Crippen molar-refractivity contribution in [1.82, 2.24) is 5.32 Å². The van der Waals surface area contributed by atoms with E-state index in [4.69, 9.17) is 0 Å². The number of benzene rings is 1. The molecule has 1 nitrogen and oxygen atoms in total. The van der Waals surface area contributed by atoms with Gasteiger partial charge in [0, 0.05) is 12.6 Å². The molecule has 1 heterocycles. The van der Waals surface area contributed by atoms with Gasteiger partial charge in [0.1, 0.15) is 0 Å². The lowest BCUT2D eigenvalue weighted by atomic mass is 9.95. The second kappa shape index (κ2) is 4.42. The van der Waals surface area contributed by atoms with Gasteiger partial charge in [-0.05, 0) is 61.9 Å². The molecule has 86 valence electrons. The second-order valence-corrected chi connectivity index (χ2v) is 4.98. The van der Waals surface area contributed by atoms with Gasteiger partial charge in [-0.2, -0.15) is 0 Å². The Hall–Kier alpha value is -1.08. The molecule has 1 heteroatoms. The molecule has 1 aromatic carbocycles. The highest BCUT2D eigenvalue weighted by Crippen LogP contribution is 2.23. The van der Waals surface area contributed by atoms with Crippen molar-refractivity contribution in [3.8, 4) is 0 Å². The van der Waals surface area contributed by atoms with Gasteiger partial charge in [0.2, 0.25) is 0 Å². The Bertz CT molecular complexity index is 425. The summed E-state index contributed by atoms with van der Waals surface area (Å²) in [5, 5.41) is 3.33. The third kappa shape index (κ3) is 2.53. The lowest BCUT2D eigenvalue weighted by Gasteiger charge is -2.10. The third-order valence-electron chi connectivity index (χ3n) is 3.47. The highest BCUT2D eigenvalue weighted by atomic mass is 15.1. The molecule has 0 spiro atoms. The summed E-state index contributed by atoms with van der Waals surface area (Å²) in [5.74, 6) is 0. The molecule has 1 aromatic rings. The van der Waals surface area contributed by atoms with E-state index in [2.05, 4.69) is 51.2 Å². The standard InChI is InChI=1S/C15H21N/c1-10(5-6-14-9-16-14)15-8-12(3)11(2)7-13(15)4/h5,7-8,14,16H,6,9H2,1-4H3/b10-5-. The van der Waals surface area contributed by atoms with E-state index in [1.807, 2.05) is 0 Å². The molecule has 1 saturated heterocycles. The van der Waals surface area contributed by atoms with Crippen LogP contribution in [-0.4, -0.2) is 12.6 Å². The predicted octanol–water partition coefficient (Wildman–Crippen LogP) is 3.38. The van der Waals surface area contributed by atoms with E-state index in [0.717, 1.165) is 12.5 Å². The van der Waals surface area contributed by atoms with Gasteiger partial charge < -0.3 is 5.32 Å². The van der Waals surface area contributed by atoms with Crippen LogP contribution >= 0.6 is 0 Å². The normalized spacial score (nSPS) is 20.0. The first-order valence-corrected chi connectivity index (χ1v) is 6.06. The minimum Gasteiger partial charge on any atom is -0.311 e. The monoisotopic (exact) mass is 215 g/mol. The Balaban J connectivity index is 2.24. The van der Waals surface area contributed by atoms with E-state index in [1.165, 1.54) is 34.4 Å². The van der Waals surface area contributed by atoms with Crippen LogP contribution in [0.3, 0.4) is 0 Å². The van der Waals surface area contributed by atoms with Crippen molar-refractivity contribution in [3.63, 3.8) is 0 Å². The van der Waals surface area contributed by atoms with E-state index in [1.54, 1.807) is 0 Å². The average molecular weight is 215 g/mol. The summed E-state index contributed by atoms with van der Waals surface area (Å²) in [5.41, 5.74) is 6.98. The van der Waals surface area contributed by atoms with Crippen molar-refractivity contribution in [2.75, 3.05) is 6.54 Å². The zero-order chi connectivity index (χ0) is 11.7. The summed E-state index contributed by atoms with van der Waals surface area (Å²) in [4.78, 5) is 0.